The molecule has 0 heterocycles. The topological polar surface area (TPSA) is 69.4 Å². The van der Waals surface area contributed by atoms with E-state index in [0.717, 1.165) is 11.1 Å². The lowest BCUT2D eigenvalue weighted by Gasteiger charge is -2.27. The minimum atomic E-state index is -0.787. The number of benzene rings is 2. The number of esters is 1. The third-order valence-corrected chi connectivity index (χ3v) is 3.46. The molecule has 0 aliphatic heterocycles. The van der Waals surface area contributed by atoms with Crippen molar-refractivity contribution in [3.8, 4) is 0 Å². The largest absolute Gasteiger partial charge is 0.451 e. The molecule has 0 fully saturated rings. The first kappa shape index (κ1) is 15.7. The quantitative estimate of drug-likeness (QED) is 0.486. The average molecular weight is 299 g/mol. The fourth-order valence-corrected chi connectivity index (χ4v) is 2.31. The summed E-state index contributed by atoms with van der Waals surface area (Å²) >= 11 is 0. The molecule has 0 amide bonds. The van der Waals surface area contributed by atoms with E-state index in [1.165, 1.54) is 24.3 Å². The van der Waals surface area contributed by atoms with E-state index in [9.17, 15) is 14.9 Å². The SMILES string of the molecule is Cc1ccccc1C(C)(C)OC(=O)c1ccc([N+](=O)[O-])cc1. The van der Waals surface area contributed by atoms with Crippen LogP contribution >= 0.6 is 0 Å². The van der Waals surface area contributed by atoms with E-state index in [1.807, 2.05) is 45.0 Å². The second-order valence-electron chi connectivity index (χ2n) is 5.52. The van der Waals surface area contributed by atoms with Crippen LogP contribution in [0, 0.1) is 17.0 Å². The highest BCUT2D eigenvalue weighted by Crippen LogP contribution is 2.28. The van der Waals surface area contributed by atoms with Crippen LogP contribution in [0.25, 0.3) is 0 Å². The van der Waals surface area contributed by atoms with Gasteiger partial charge in [0.15, 0.2) is 0 Å². The number of ether oxygens (including phenoxy) is 1. The van der Waals surface area contributed by atoms with Crippen LogP contribution in [-0.2, 0) is 10.3 Å². The van der Waals surface area contributed by atoms with E-state index < -0.39 is 16.5 Å². The molecule has 0 N–H and O–H groups in total. The molecular formula is C17H17NO4. The van der Waals surface area contributed by atoms with Gasteiger partial charge in [-0.3, -0.25) is 10.1 Å². The van der Waals surface area contributed by atoms with Crippen LogP contribution < -0.4 is 0 Å². The van der Waals surface area contributed by atoms with Crippen LogP contribution in [0.5, 0.6) is 0 Å². The van der Waals surface area contributed by atoms with Gasteiger partial charge in [0.05, 0.1) is 10.5 Å². The van der Waals surface area contributed by atoms with Crippen LogP contribution in [0.3, 0.4) is 0 Å². The normalized spacial score (nSPS) is 11.0. The summed E-state index contributed by atoms with van der Waals surface area (Å²) in [6, 6.07) is 13.1. The second kappa shape index (κ2) is 5.97. The zero-order chi connectivity index (χ0) is 16.3. The van der Waals surface area contributed by atoms with Gasteiger partial charge in [0.2, 0.25) is 0 Å². The molecule has 5 heteroatoms. The second-order valence-corrected chi connectivity index (χ2v) is 5.52. The van der Waals surface area contributed by atoms with Crippen molar-refractivity contribution in [1.29, 1.82) is 0 Å². The Kier molecular flexibility index (Phi) is 4.26. The number of aryl methyl sites for hydroxylation is 1. The highest BCUT2D eigenvalue weighted by molar-refractivity contribution is 5.90. The lowest BCUT2D eigenvalue weighted by Crippen LogP contribution is -2.26. The Balaban J connectivity index is 2.20. The third-order valence-electron chi connectivity index (χ3n) is 3.46. The summed E-state index contributed by atoms with van der Waals surface area (Å²) in [5.74, 6) is -0.511. The molecule has 0 spiro atoms. The number of rotatable bonds is 4. The predicted octanol–water partition coefficient (Wildman–Crippen LogP) is 4.00. The van der Waals surface area contributed by atoms with Gasteiger partial charge < -0.3 is 4.74 Å². The van der Waals surface area contributed by atoms with Crippen molar-refractivity contribution in [1.82, 2.24) is 0 Å². The minimum Gasteiger partial charge on any atom is -0.451 e. The Hall–Kier alpha value is -2.69. The van der Waals surface area contributed by atoms with Crippen LogP contribution in [0.1, 0.15) is 35.3 Å². The Bertz CT molecular complexity index is 705. The van der Waals surface area contributed by atoms with Crippen molar-refractivity contribution in [2.45, 2.75) is 26.4 Å². The zero-order valence-corrected chi connectivity index (χ0v) is 12.7. The summed E-state index contributed by atoms with van der Waals surface area (Å²) in [7, 11) is 0. The Morgan fingerprint density at radius 3 is 2.23 bits per heavy atom. The first-order valence-electron chi connectivity index (χ1n) is 6.85. The third kappa shape index (κ3) is 3.31. The monoisotopic (exact) mass is 299 g/mol. The number of nitro benzene ring substituents is 1. The van der Waals surface area contributed by atoms with Gasteiger partial charge in [-0.05, 0) is 44.0 Å². The summed E-state index contributed by atoms with van der Waals surface area (Å²) in [6.45, 7) is 5.59. The Labute approximate surface area is 128 Å². The Morgan fingerprint density at radius 2 is 1.68 bits per heavy atom. The number of non-ortho nitro benzene ring substituents is 1. The molecule has 2 aromatic rings. The van der Waals surface area contributed by atoms with Crippen LogP contribution in [-0.4, -0.2) is 10.9 Å². The molecule has 0 saturated carbocycles. The van der Waals surface area contributed by atoms with Crippen molar-refractivity contribution < 1.29 is 14.5 Å². The molecule has 114 valence electrons. The van der Waals surface area contributed by atoms with Crippen molar-refractivity contribution in [2.75, 3.05) is 0 Å². The smallest absolute Gasteiger partial charge is 0.339 e. The van der Waals surface area contributed by atoms with E-state index in [2.05, 4.69) is 0 Å². The van der Waals surface area contributed by atoms with Crippen LogP contribution in [0.4, 0.5) is 5.69 Å². The molecule has 0 unspecified atom stereocenters. The standard InChI is InChI=1S/C17H17NO4/c1-12-6-4-5-7-15(12)17(2,3)22-16(19)13-8-10-14(11-9-13)18(20)21/h4-11H,1-3H3. The molecular weight excluding hydrogens is 282 g/mol. The summed E-state index contributed by atoms with van der Waals surface area (Å²) in [5, 5.41) is 10.6. The molecule has 0 bridgehead atoms. The summed E-state index contributed by atoms with van der Waals surface area (Å²) < 4.78 is 5.58. The van der Waals surface area contributed by atoms with Gasteiger partial charge in [-0.25, -0.2) is 4.79 Å². The van der Waals surface area contributed by atoms with E-state index >= 15 is 0 Å². The van der Waals surface area contributed by atoms with Gasteiger partial charge >= 0.3 is 5.97 Å². The van der Waals surface area contributed by atoms with Crippen molar-refractivity contribution in [3.63, 3.8) is 0 Å². The highest BCUT2D eigenvalue weighted by atomic mass is 16.6. The first-order valence-corrected chi connectivity index (χ1v) is 6.85. The molecule has 2 rings (SSSR count). The number of hydrogen-bond donors (Lipinski definition) is 0. The van der Waals surface area contributed by atoms with Gasteiger partial charge in [0, 0.05) is 12.1 Å². The first-order chi connectivity index (χ1) is 10.3. The molecule has 0 aliphatic rings. The zero-order valence-electron chi connectivity index (χ0n) is 12.7. The predicted molar refractivity (Wildman–Crippen MR) is 82.7 cm³/mol. The fourth-order valence-electron chi connectivity index (χ4n) is 2.31. The average Bonchev–Trinajstić information content (AvgIpc) is 2.47. The number of hydrogen-bond acceptors (Lipinski definition) is 4. The van der Waals surface area contributed by atoms with E-state index in [0.29, 0.717) is 0 Å². The van der Waals surface area contributed by atoms with E-state index in [-0.39, 0.29) is 11.3 Å². The van der Waals surface area contributed by atoms with Gasteiger partial charge in [-0.15, -0.1) is 0 Å². The molecule has 0 aromatic heterocycles. The minimum absolute atomic E-state index is 0.0604. The van der Waals surface area contributed by atoms with Gasteiger partial charge in [0.1, 0.15) is 5.60 Å². The molecule has 0 radical (unpaired) electrons. The maximum absolute atomic E-state index is 12.2. The van der Waals surface area contributed by atoms with Gasteiger partial charge in [-0.1, -0.05) is 24.3 Å². The maximum atomic E-state index is 12.2. The molecule has 0 atom stereocenters. The van der Waals surface area contributed by atoms with Crippen molar-refractivity contribution >= 4 is 11.7 Å². The van der Waals surface area contributed by atoms with Crippen molar-refractivity contribution in [3.05, 3.63) is 75.3 Å². The number of carbonyl (C=O) groups is 1. The lowest BCUT2D eigenvalue weighted by atomic mass is 9.93. The maximum Gasteiger partial charge on any atom is 0.339 e. The van der Waals surface area contributed by atoms with E-state index in [4.69, 9.17) is 4.74 Å². The van der Waals surface area contributed by atoms with Crippen LogP contribution in [0.15, 0.2) is 48.5 Å². The molecule has 0 saturated heterocycles. The number of carbonyl (C=O) groups excluding carboxylic acids is 1. The van der Waals surface area contributed by atoms with Gasteiger partial charge in [0.25, 0.3) is 5.69 Å². The summed E-state index contributed by atoms with van der Waals surface area (Å²) in [6.07, 6.45) is 0. The Morgan fingerprint density at radius 1 is 1.09 bits per heavy atom. The molecule has 0 aliphatic carbocycles. The van der Waals surface area contributed by atoms with Crippen molar-refractivity contribution in [2.24, 2.45) is 0 Å². The highest BCUT2D eigenvalue weighted by Gasteiger charge is 2.27. The van der Waals surface area contributed by atoms with Gasteiger partial charge in [-0.2, -0.15) is 0 Å². The molecule has 22 heavy (non-hydrogen) atoms. The molecule has 5 nitrogen and oxygen atoms in total. The number of nitrogens with zero attached hydrogens (tertiary/aromatic N) is 1. The lowest BCUT2D eigenvalue weighted by molar-refractivity contribution is -0.384. The van der Waals surface area contributed by atoms with E-state index in [1.54, 1.807) is 0 Å². The summed E-state index contributed by atoms with van der Waals surface area (Å²) in [4.78, 5) is 22.3. The fraction of sp³-hybridized carbons (Fsp3) is 0.235. The molecule has 2 aromatic carbocycles. The summed E-state index contributed by atoms with van der Waals surface area (Å²) in [5.41, 5.74) is 1.39. The number of nitro groups is 1. The van der Waals surface area contributed by atoms with Crippen LogP contribution in [0.2, 0.25) is 0 Å².